The summed E-state index contributed by atoms with van der Waals surface area (Å²) in [6.45, 7) is 10.7. The van der Waals surface area contributed by atoms with Crippen LogP contribution in [0.1, 0.15) is 53.3 Å². The maximum atomic E-state index is 12.4. The first-order chi connectivity index (χ1) is 9.33. The number of hydrogen-bond donors (Lipinski definition) is 2. The van der Waals surface area contributed by atoms with Crippen LogP contribution in [0.4, 0.5) is 5.00 Å². The van der Waals surface area contributed by atoms with Gasteiger partial charge in [-0.2, -0.15) is 0 Å². The van der Waals surface area contributed by atoms with Crippen molar-refractivity contribution >= 4 is 28.2 Å². The molecule has 1 aromatic rings. The topological polar surface area (TPSA) is 75.4 Å². The summed E-state index contributed by atoms with van der Waals surface area (Å²) in [6.07, 6.45) is 0. The number of nitrogens with two attached hydrogens (primary N) is 1. The molecule has 20 heavy (non-hydrogen) atoms. The molecule has 1 aromatic heterocycles. The van der Waals surface area contributed by atoms with Crippen LogP contribution in [0.15, 0.2) is 0 Å². The Kier molecular flexibility index (Phi) is 5.56. The van der Waals surface area contributed by atoms with Crippen LogP contribution in [0.3, 0.4) is 0 Å². The quantitative estimate of drug-likeness (QED) is 0.875. The van der Waals surface area contributed by atoms with Crippen molar-refractivity contribution in [2.45, 2.75) is 40.7 Å². The maximum absolute atomic E-state index is 12.4. The Morgan fingerprint density at radius 1 is 1.30 bits per heavy atom. The van der Waals surface area contributed by atoms with E-state index in [1.807, 2.05) is 27.7 Å². The summed E-state index contributed by atoms with van der Waals surface area (Å²) >= 11 is 1.19. The molecular formula is C14H23N3O2S. The smallest absolute Gasteiger partial charge is 0.264 e. The second-order valence-electron chi connectivity index (χ2n) is 4.90. The van der Waals surface area contributed by atoms with Crippen LogP contribution in [0, 0.1) is 6.92 Å². The third kappa shape index (κ3) is 3.30. The molecular weight excluding hydrogens is 274 g/mol. The van der Waals surface area contributed by atoms with Gasteiger partial charge in [0.1, 0.15) is 0 Å². The molecule has 5 nitrogen and oxygen atoms in total. The molecule has 0 radical (unpaired) electrons. The highest BCUT2D eigenvalue weighted by atomic mass is 32.1. The van der Waals surface area contributed by atoms with Gasteiger partial charge in [-0.3, -0.25) is 9.59 Å². The minimum atomic E-state index is -0.218. The van der Waals surface area contributed by atoms with E-state index in [-0.39, 0.29) is 17.9 Å². The van der Waals surface area contributed by atoms with Gasteiger partial charge in [0.15, 0.2) is 0 Å². The Hall–Kier alpha value is -1.56. The normalized spacial score (nSPS) is 10.7. The molecule has 2 amide bonds. The Bertz CT molecular complexity index is 505. The molecule has 0 aliphatic rings. The average Bonchev–Trinajstić information content (AvgIpc) is 2.65. The largest absolute Gasteiger partial charge is 0.390 e. The summed E-state index contributed by atoms with van der Waals surface area (Å²) in [4.78, 5) is 26.8. The Labute approximate surface area is 124 Å². The average molecular weight is 297 g/mol. The molecule has 0 atom stereocenters. The zero-order valence-corrected chi connectivity index (χ0v) is 13.6. The molecule has 0 aliphatic carbocycles. The second kappa shape index (κ2) is 6.74. The fourth-order valence-corrected chi connectivity index (χ4v) is 3.05. The SMILES string of the molecule is CCN(CC)C(=O)c1sc(N)c(C(=O)NC(C)C)c1C. The lowest BCUT2D eigenvalue weighted by Gasteiger charge is -2.18. The van der Waals surface area contributed by atoms with Crippen LogP contribution in [-0.2, 0) is 0 Å². The van der Waals surface area contributed by atoms with Gasteiger partial charge in [-0.05, 0) is 40.2 Å². The van der Waals surface area contributed by atoms with E-state index in [0.29, 0.717) is 34.1 Å². The van der Waals surface area contributed by atoms with E-state index >= 15 is 0 Å². The summed E-state index contributed by atoms with van der Waals surface area (Å²) in [6, 6.07) is 0.0307. The molecule has 0 saturated heterocycles. The molecule has 0 unspecified atom stereocenters. The molecule has 112 valence electrons. The third-order valence-corrected chi connectivity index (χ3v) is 4.17. The van der Waals surface area contributed by atoms with E-state index in [4.69, 9.17) is 5.73 Å². The standard InChI is InChI=1S/C14H23N3O2S/c1-6-17(7-2)14(19)11-9(5)10(12(15)20-11)13(18)16-8(3)4/h8H,6-7,15H2,1-5H3,(H,16,18). The predicted molar refractivity (Wildman–Crippen MR) is 83.3 cm³/mol. The van der Waals surface area contributed by atoms with Crippen LogP contribution in [-0.4, -0.2) is 35.8 Å². The zero-order chi connectivity index (χ0) is 15.4. The Morgan fingerprint density at radius 2 is 1.85 bits per heavy atom. The number of carbonyl (C=O) groups is 2. The summed E-state index contributed by atoms with van der Waals surface area (Å²) in [5, 5.41) is 3.21. The van der Waals surface area contributed by atoms with E-state index in [2.05, 4.69) is 5.32 Å². The van der Waals surface area contributed by atoms with Gasteiger partial charge in [0.05, 0.1) is 15.4 Å². The number of rotatable bonds is 5. The fraction of sp³-hybridized carbons (Fsp3) is 0.571. The second-order valence-corrected chi connectivity index (χ2v) is 5.95. The number of thiophene rings is 1. The molecule has 0 aliphatic heterocycles. The molecule has 0 saturated carbocycles. The molecule has 1 heterocycles. The van der Waals surface area contributed by atoms with Gasteiger partial charge in [-0.15, -0.1) is 11.3 Å². The van der Waals surface area contributed by atoms with Crippen LogP contribution in [0.2, 0.25) is 0 Å². The van der Waals surface area contributed by atoms with Crippen molar-refractivity contribution in [3.8, 4) is 0 Å². The molecule has 1 rings (SSSR count). The van der Waals surface area contributed by atoms with Gasteiger partial charge in [0.2, 0.25) is 0 Å². The number of hydrogen-bond acceptors (Lipinski definition) is 4. The summed E-state index contributed by atoms with van der Waals surface area (Å²) in [7, 11) is 0. The van der Waals surface area contributed by atoms with Crippen LogP contribution in [0.5, 0.6) is 0 Å². The fourth-order valence-electron chi connectivity index (χ4n) is 2.01. The number of carbonyl (C=O) groups excluding carboxylic acids is 2. The summed E-state index contributed by atoms with van der Waals surface area (Å²) in [5.74, 6) is -0.280. The van der Waals surface area contributed by atoms with Crippen LogP contribution >= 0.6 is 11.3 Å². The maximum Gasteiger partial charge on any atom is 0.264 e. The summed E-state index contributed by atoms with van der Waals surface area (Å²) in [5.41, 5.74) is 7.03. The van der Waals surface area contributed by atoms with Gasteiger partial charge in [0.25, 0.3) is 11.8 Å². The van der Waals surface area contributed by atoms with Gasteiger partial charge >= 0.3 is 0 Å². The lowest BCUT2D eigenvalue weighted by molar-refractivity contribution is 0.0777. The van der Waals surface area contributed by atoms with Crippen molar-refractivity contribution in [1.29, 1.82) is 0 Å². The van der Waals surface area contributed by atoms with Crippen molar-refractivity contribution in [3.63, 3.8) is 0 Å². The van der Waals surface area contributed by atoms with Crippen molar-refractivity contribution in [3.05, 3.63) is 16.0 Å². The number of nitrogens with one attached hydrogen (secondary N) is 1. The first-order valence-electron chi connectivity index (χ1n) is 6.82. The monoisotopic (exact) mass is 297 g/mol. The lowest BCUT2D eigenvalue weighted by Crippen LogP contribution is -2.32. The Balaban J connectivity index is 3.15. The van der Waals surface area contributed by atoms with Crippen molar-refractivity contribution < 1.29 is 9.59 Å². The van der Waals surface area contributed by atoms with Crippen molar-refractivity contribution in [2.24, 2.45) is 0 Å². The number of nitrogen functional groups attached to an aromatic ring is 1. The van der Waals surface area contributed by atoms with E-state index in [0.717, 1.165) is 0 Å². The zero-order valence-electron chi connectivity index (χ0n) is 12.7. The first-order valence-corrected chi connectivity index (χ1v) is 7.64. The highest BCUT2D eigenvalue weighted by Gasteiger charge is 2.25. The van der Waals surface area contributed by atoms with Gasteiger partial charge in [-0.1, -0.05) is 0 Å². The van der Waals surface area contributed by atoms with E-state index in [1.54, 1.807) is 11.8 Å². The van der Waals surface area contributed by atoms with Gasteiger partial charge < -0.3 is 16.0 Å². The van der Waals surface area contributed by atoms with Gasteiger partial charge in [-0.25, -0.2) is 0 Å². The molecule has 6 heteroatoms. The third-order valence-electron chi connectivity index (χ3n) is 3.07. The highest BCUT2D eigenvalue weighted by Crippen LogP contribution is 2.31. The molecule has 0 bridgehead atoms. The molecule has 0 spiro atoms. The minimum Gasteiger partial charge on any atom is -0.390 e. The van der Waals surface area contributed by atoms with Crippen LogP contribution in [0.25, 0.3) is 0 Å². The first kappa shape index (κ1) is 16.5. The van der Waals surface area contributed by atoms with Crippen molar-refractivity contribution in [1.82, 2.24) is 10.2 Å². The number of amides is 2. The van der Waals surface area contributed by atoms with Crippen LogP contribution < -0.4 is 11.1 Å². The molecule has 3 N–H and O–H groups in total. The van der Waals surface area contributed by atoms with Crippen molar-refractivity contribution in [2.75, 3.05) is 18.8 Å². The number of anilines is 1. The van der Waals surface area contributed by atoms with Gasteiger partial charge in [0, 0.05) is 19.1 Å². The molecule has 0 fully saturated rings. The lowest BCUT2D eigenvalue weighted by atomic mass is 10.1. The highest BCUT2D eigenvalue weighted by molar-refractivity contribution is 7.18. The van der Waals surface area contributed by atoms with E-state index in [9.17, 15) is 9.59 Å². The minimum absolute atomic E-state index is 0.0307. The van der Waals surface area contributed by atoms with E-state index < -0.39 is 0 Å². The number of nitrogens with zero attached hydrogens (tertiary/aromatic N) is 1. The molecule has 0 aromatic carbocycles. The predicted octanol–water partition coefficient (Wildman–Crippen LogP) is 2.26. The van der Waals surface area contributed by atoms with E-state index in [1.165, 1.54) is 11.3 Å². The summed E-state index contributed by atoms with van der Waals surface area (Å²) < 4.78 is 0. The Morgan fingerprint density at radius 3 is 2.30 bits per heavy atom.